The number of halogens is 2. The zero-order valence-corrected chi connectivity index (χ0v) is 20.8. The fourth-order valence-corrected chi connectivity index (χ4v) is 4.38. The molecule has 0 heterocycles. The third-order valence-corrected chi connectivity index (χ3v) is 6.87. The van der Waals surface area contributed by atoms with Crippen LogP contribution >= 0.6 is 35.0 Å². The van der Waals surface area contributed by atoms with E-state index in [1.807, 2.05) is 52.0 Å². The van der Waals surface area contributed by atoms with Crippen LogP contribution in [0.3, 0.4) is 0 Å². The van der Waals surface area contributed by atoms with Crippen LogP contribution < -0.4 is 5.32 Å². The fraction of sp³-hybridized carbons (Fsp3) is 0.417. The summed E-state index contributed by atoms with van der Waals surface area (Å²) in [5, 5.41) is 3.97. The molecule has 2 amide bonds. The van der Waals surface area contributed by atoms with Gasteiger partial charge in [0.2, 0.25) is 11.8 Å². The van der Waals surface area contributed by atoms with E-state index < -0.39 is 6.04 Å². The Hall–Kier alpha value is -1.69. The highest BCUT2D eigenvalue weighted by Gasteiger charge is 2.30. The van der Waals surface area contributed by atoms with Gasteiger partial charge in [0.15, 0.2) is 0 Å². The van der Waals surface area contributed by atoms with E-state index in [2.05, 4.69) is 5.32 Å². The predicted octanol–water partition coefficient (Wildman–Crippen LogP) is 6.12. The van der Waals surface area contributed by atoms with Gasteiger partial charge in [-0.3, -0.25) is 9.59 Å². The number of carbonyl (C=O) groups is 2. The molecule has 1 N–H and O–H groups in total. The highest BCUT2D eigenvalue weighted by molar-refractivity contribution is 8.00. The van der Waals surface area contributed by atoms with Crippen molar-refractivity contribution in [1.29, 1.82) is 0 Å². The van der Waals surface area contributed by atoms with Gasteiger partial charge in [0.05, 0.1) is 5.75 Å². The number of amides is 2. The highest BCUT2D eigenvalue weighted by atomic mass is 35.5. The van der Waals surface area contributed by atoms with Crippen LogP contribution in [0.5, 0.6) is 0 Å². The summed E-state index contributed by atoms with van der Waals surface area (Å²) < 4.78 is 0. The second kappa shape index (κ2) is 12.4. The Morgan fingerprint density at radius 3 is 2.19 bits per heavy atom. The van der Waals surface area contributed by atoms with Crippen molar-refractivity contribution in [2.75, 3.05) is 5.75 Å². The van der Waals surface area contributed by atoms with Crippen LogP contribution in [0.1, 0.15) is 44.7 Å². The number of nitrogens with zero attached hydrogens (tertiary/aromatic N) is 1. The van der Waals surface area contributed by atoms with Crippen molar-refractivity contribution in [2.45, 2.75) is 64.1 Å². The minimum Gasteiger partial charge on any atom is -0.352 e. The first kappa shape index (κ1) is 25.6. The molecule has 31 heavy (non-hydrogen) atoms. The molecule has 0 saturated heterocycles. The molecule has 2 aromatic rings. The van der Waals surface area contributed by atoms with Crippen molar-refractivity contribution in [2.24, 2.45) is 0 Å². The van der Waals surface area contributed by atoms with Gasteiger partial charge in [0, 0.05) is 33.1 Å². The predicted molar refractivity (Wildman–Crippen MR) is 131 cm³/mol. The summed E-state index contributed by atoms with van der Waals surface area (Å²) in [7, 11) is 0. The molecule has 0 fully saturated rings. The summed E-state index contributed by atoms with van der Waals surface area (Å²) in [5.74, 6) is -0.0699. The monoisotopic (exact) mass is 480 g/mol. The zero-order chi connectivity index (χ0) is 23.0. The van der Waals surface area contributed by atoms with E-state index >= 15 is 0 Å². The van der Waals surface area contributed by atoms with Gasteiger partial charge < -0.3 is 10.2 Å². The molecule has 2 atom stereocenters. The van der Waals surface area contributed by atoms with Crippen molar-refractivity contribution < 1.29 is 9.59 Å². The number of hydrogen-bond acceptors (Lipinski definition) is 3. The number of benzene rings is 2. The standard InChI is InChI=1S/C24H30Cl2N2O2S/c1-5-17(4)27-24(30)22(6-2)28(14-19-20(25)8-7-9-21(19)26)23(29)15-31-18-12-10-16(3)11-13-18/h7-13,17,22H,5-6,14-15H2,1-4H3,(H,27,30)/t17-,22+/m0/s1. The zero-order valence-electron chi connectivity index (χ0n) is 18.5. The molecule has 0 aliphatic rings. The Bertz CT molecular complexity index is 869. The molecule has 0 aliphatic heterocycles. The largest absolute Gasteiger partial charge is 0.352 e. The molecule has 0 radical (unpaired) electrons. The molecule has 2 aromatic carbocycles. The summed E-state index contributed by atoms with van der Waals surface area (Å²) in [6, 6.07) is 12.7. The topological polar surface area (TPSA) is 49.4 Å². The van der Waals surface area contributed by atoms with E-state index in [0.29, 0.717) is 22.0 Å². The van der Waals surface area contributed by atoms with E-state index in [1.54, 1.807) is 23.1 Å². The molecular weight excluding hydrogens is 451 g/mol. The molecule has 168 valence electrons. The van der Waals surface area contributed by atoms with Gasteiger partial charge in [-0.15, -0.1) is 11.8 Å². The lowest BCUT2D eigenvalue weighted by Gasteiger charge is -2.32. The number of thioether (sulfide) groups is 1. The Morgan fingerprint density at radius 2 is 1.65 bits per heavy atom. The highest BCUT2D eigenvalue weighted by Crippen LogP contribution is 2.28. The van der Waals surface area contributed by atoms with Gasteiger partial charge >= 0.3 is 0 Å². The Balaban J connectivity index is 2.27. The lowest BCUT2D eigenvalue weighted by atomic mass is 10.1. The maximum Gasteiger partial charge on any atom is 0.243 e. The van der Waals surface area contributed by atoms with Crippen LogP contribution in [-0.2, 0) is 16.1 Å². The molecular formula is C24H30Cl2N2O2S. The summed E-state index contributed by atoms with van der Waals surface area (Å²) >= 11 is 14.2. The van der Waals surface area contributed by atoms with Crippen molar-refractivity contribution in [3.8, 4) is 0 Å². The molecule has 0 bridgehead atoms. The summed E-state index contributed by atoms with van der Waals surface area (Å²) in [5.41, 5.74) is 1.81. The first-order valence-electron chi connectivity index (χ1n) is 10.5. The van der Waals surface area contributed by atoms with Crippen molar-refractivity contribution >= 4 is 46.8 Å². The summed E-state index contributed by atoms with van der Waals surface area (Å²) in [6.45, 7) is 8.07. The third kappa shape index (κ3) is 7.44. The molecule has 0 aliphatic carbocycles. The van der Waals surface area contributed by atoms with Crippen LogP contribution in [0.4, 0.5) is 0 Å². The minimum atomic E-state index is -0.604. The van der Waals surface area contributed by atoms with E-state index in [1.165, 1.54) is 17.3 Å². The smallest absolute Gasteiger partial charge is 0.243 e. The normalized spacial score (nSPS) is 12.8. The molecule has 0 spiro atoms. The second-order valence-electron chi connectivity index (χ2n) is 7.57. The van der Waals surface area contributed by atoms with Gasteiger partial charge in [-0.2, -0.15) is 0 Å². The van der Waals surface area contributed by atoms with Crippen LogP contribution in [0.15, 0.2) is 47.4 Å². The second-order valence-corrected chi connectivity index (χ2v) is 9.43. The molecule has 0 aromatic heterocycles. The lowest BCUT2D eigenvalue weighted by Crippen LogP contribution is -2.51. The molecule has 2 rings (SSSR count). The first-order chi connectivity index (χ1) is 14.8. The van der Waals surface area contributed by atoms with Gasteiger partial charge in [-0.05, 0) is 51.0 Å². The Kier molecular flexibility index (Phi) is 10.2. The number of carbonyl (C=O) groups excluding carboxylic acids is 2. The lowest BCUT2D eigenvalue weighted by molar-refractivity contribution is -0.139. The molecule has 0 unspecified atom stereocenters. The van der Waals surface area contributed by atoms with Gasteiger partial charge in [0.1, 0.15) is 6.04 Å². The van der Waals surface area contributed by atoms with Crippen molar-refractivity contribution in [1.82, 2.24) is 10.2 Å². The maximum absolute atomic E-state index is 13.3. The van der Waals surface area contributed by atoms with Crippen molar-refractivity contribution in [3.63, 3.8) is 0 Å². The van der Waals surface area contributed by atoms with Crippen LogP contribution in [0.25, 0.3) is 0 Å². The number of aryl methyl sites for hydroxylation is 1. The third-order valence-electron chi connectivity index (χ3n) is 5.16. The number of nitrogens with one attached hydrogen (secondary N) is 1. The quantitative estimate of drug-likeness (QED) is 0.416. The molecule has 0 saturated carbocycles. The molecule has 7 heteroatoms. The van der Waals surface area contributed by atoms with Crippen LogP contribution in [-0.4, -0.2) is 34.6 Å². The SMILES string of the molecule is CC[C@H](C(=O)N[C@@H](C)CC)N(Cc1c(Cl)cccc1Cl)C(=O)CSc1ccc(C)cc1. The van der Waals surface area contributed by atoms with Crippen LogP contribution in [0.2, 0.25) is 10.0 Å². The maximum atomic E-state index is 13.3. The average molecular weight is 481 g/mol. The minimum absolute atomic E-state index is 0.0318. The fourth-order valence-electron chi connectivity index (χ4n) is 3.08. The van der Waals surface area contributed by atoms with Crippen LogP contribution in [0, 0.1) is 6.92 Å². The first-order valence-corrected chi connectivity index (χ1v) is 12.2. The Labute approximate surface area is 199 Å². The summed E-state index contributed by atoms with van der Waals surface area (Å²) in [4.78, 5) is 28.9. The van der Waals surface area contributed by atoms with Gasteiger partial charge in [-0.25, -0.2) is 0 Å². The van der Waals surface area contributed by atoms with Gasteiger partial charge in [0.25, 0.3) is 0 Å². The van der Waals surface area contributed by atoms with E-state index in [4.69, 9.17) is 23.2 Å². The van der Waals surface area contributed by atoms with Gasteiger partial charge in [-0.1, -0.05) is 60.8 Å². The molecule has 4 nitrogen and oxygen atoms in total. The average Bonchev–Trinajstić information content (AvgIpc) is 2.74. The number of hydrogen-bond donors (Lipinski definition) is 1. The summed E-state index contributed by atoms with van der Waals surface area (Å²) in [6.07, 6.45) is 1.31. The van der Waals surface area contributed by atoms with E-state index in [9.17, 15) is 9.59 Å². The van der Waals surface area contributed by atoms with E-state index in [-0.39, 0.29) is 30.2 Å². The van der Waals surface area contributed by atoms with Crippen molar-refractivity contribution in [3.05, 3.63) is 63.6 Å². The number of rotatable bonds is 10. The Morgan fingerprint density at radius 1 is 1.03 bits per heavy atom. The van der Waals surface area contributed by atoms with E-state index in [0.717, 1.165) is 11.3 Å².